The lowest BCUT2D eigenvalue weighted by molar-refractivity contribution is -0.00466. The normalized spacial score (nSPS) is 24.0. The fourth-order valence-electron chi connectivity index (χ4n) is 2.33. The predicted octanol–water partition coefficient (Wildman–Crippen LogP) is 1.37. The fraction of sp³-hybridized carbons (Fsp3) is 0.538. The zero-order chi connectivity index (χ0) is 13.2. The third-order valence-corrected chi connectivity index (χ3v) is 3.54. The van der Waals surface area contributed by atoms with E-state index in [2.05, 4.69) is 16.8 Å². The number of nitrogen functional groups attached to an aromatic ring is 1. The minimum atomic E-state index is -0.0858. The average Bonchev–Trinajstić information content (AvgIpc) is 2.39. The Morgan fingerprint density at radius 1 is 1.56 bits per heavy atom. The van der Waals surface area contributed by atoms with Crippen LogP contribution in [0.5, 0.6) is 0 Å². The van der Waals surface area contributed by atoms with Crippen LogP contribution in [0.4, 0.5) is 5.69 Å². The van der Waals surface area contributed by atoms with E-state index in [9.17, 15) is 0 Å². The molecule has 1 aromatic rings. The molecule has 2 rings (SSSR count). The Kier molecular flexibility index (Phi) is 3.52. The standard InChI is InChI=1S/C13H20N4O/c1-13(18-2)6-3-7-17(9-13)10-4-5-11(12(14)15)16-8-10/h4-5,8H,3,6-7,9H2,1-2H3,(H3,14,15). The number of amidine groups is 1. The molecule has 3 N–H and O–H groups in total. The minimum absolute atomic E-state index is 0.00178. The van der Waals surface area contributed by atoms with Crippen LogP contribution in [0, 0.1) is 5.41 Å². The van der Waals surface area contributed by atoms with Crippen LogP contribution in [0.2, 0.25) is 0 Å². The highest BCUT2D eigenvalue weighted by Gasteiger charge is 2.30. The number of rotatable bonds is 3. The molecular weight excluding hydrogens is 228 g/mol. The van der Waals surface area contributed by atoms with Crippen molar-refractivity contribution in [3.8, 4) is 0 Å². The molecular formula is C13H20N4O. The monoisotopic (exact) mass is 248 g/mol. The smallest absolute Gasteiger partial charge is 0.141 e. The SMILES string of the molecule is COC1(C)CCCN(c2ccc(C(=N)N)nc2)C1. The number of nitrogens with one attached hydrogen (secondary N) is 1. The molecule has 1 fully saturated rings. The van der Waals surface area contributed by atoms with Crippen LogP contribution >= 0.6 is 0 Å². The number of nitrogens with two attached hydrogens (primary N) is 1. The molecule has 1 aliphatic heterocycles. The third-order valence-electron chi connectivity index (χ3n) is 3.54. The van der Waals surface area contributed by atoms with Gasteiger partial charge in [0.1, 0.15) is 11.5 Å². The van der Waals surface area contributed by atoms with Gasteiger partial charge in [0, 0.05) is 20.2 Å². The van der Waals surface area contributed by atoms with Crippen LogP contribution in [0.1, 0.15) is 25.5 Å². The lowest BCUT2D eigenvalue weighted by atomic mass is 9.94. The van der Waals surface area contributed by atoms with Gasteiger partial charge in [-0.2, -0.15) is 0 Å². The van der Waals surface area contributed by atoms with Crippen molar-refractivity contribution in [2.24, 2.45) is 5.73 Å². The number of nitrogens with zero attached hydrogens (tertiary/aromatic N) is 2. The lowest BCUT2D eigenvalue weighted by Crippen LogP contribution is -2.47. The topological polar surface area (TPSA) is 75.2 Å². The van der Waals surface area contributed by atoms with E-state index in [0.717, 1.165) is 31.6 Å². The Bertz CT molecular complexity index is 431. The molecule has 5 heteroatoms. The van der Waals surface area contributed by atoms with E-state index in [-0.39, 0.29) is 11.4 Å². The first-order valence-corrected chi connectivity index (χ1v) is 6.15. The van der Waals surface area contributed by atoms with E-state index < -0.39 is 0 Å². The van der Waals surface area contributed by atoms with Crippen LogP contribution in [0.25, 0.3) is 0 Å². The van der Waals surface area contributed by atoms with E-state index in [4.69, 9.17) is 15.9 Å². The quantitative estimate of drug-likeness (QED) is 0.626. The highest BCUT2D eigenvalue weighted by Crippen LogP contribution is 2.27. The Hall–Kier alpha value is -1.62. The Morgan fingerprint density at radius 3 is 2.89 bits per heavy atom. The largest absolute Gasteiger partial charge is 0.382 e. The summed E-state index contributed by atoms with van der Waals surface area (Å²) < 4.78 is 5.58. The van der Waals surface area contributed by atoms with Gasteiger partial charge in [0.15, 0.2) is 0 Å². The van der Waals surface area contributed by atoms with Gasteiger partial charge >= 0.3 is 0 Å². The van der Waals surface area contributed by atoms with Crippen LogP contribution in [0.15, 0.2) is 18.3 Å². The minimum Gasteiger partial charge on any atom is -0.382 e. The molecule has 1 atom stereocenters. The molecule has 0 aliphatic carbocycles. The number of aromatic nitrogens is 1. The number of methoxy groups -OCH3 is 1. The number of hydrogen-bond acceptors (Lipinski definition) is 4. The molecule has 98 valence electrons. The van der Waals surface area contributed by atoms with Crippen molar-refractivity contribution in [1.82, 2.24) is 4.98 Å². The van der Waals surface area contributed by atoms with E-state index in [1.54, 1.807) is 19.4 Å². The average molecular weight is 248 g/mol. The van der Waals surface area contributed by atoms with Gasteiger partial charge in [0.05, 0.1) is 17.5 Å². The van der Waals surface area contributed by atoms with Gasteiger partial charge in [-0.1, -0.05) is 0 Å². The summed E-state index contributed by atoms with van der Waals surface area (Å²) in [6, 6.07) is 3.75. The van der Waals surface area contributed by atoms with Crippen molar-refractivity contribution in [2.75, 3.05) is 25.1 Å². The second-order valence-electron chi connectivity index (χ2n) is 4.99. The van der Waals surface area contributed by atoms with Gasteiger partial charge in [-0.25, -0.2) is 0 Å². The molecule has 0 spiro atoms. The highest BCUT2D eigenvalue weighted by molar-refractivity contribution is 5.93. The molecule has 18 heavy (non-hydrogen) atoms. The molecule has 1 saturated heterocycles. The fourth-order valence-corrected chi connectivity index (χ4v) is 2.33. The number of anilines is 1. The van der Waals surface area contributed by atoms with Gasteiger partial charge in [-0.3, -0.25) is 10.4 Å². The first-order valence-electron chi connectivity index (χ1n) is 6.15. The van der Waals surface area contributed by atoms with Gasteiger partial charge in [-0.15, -0.1) is 0 Å². The van der Waals surface area contributed by atoms with Crippen LogP contribution in [0.3, 0.4) is 0 Å². The van der Waals surface area contributed by atoms with Crippen molar-refractivity contribution in [3.63, 3.8) is 0 Å². The molecule has 0 amide bonds. The summed E-state index contributed by atoms with van der Waals surface area (Å²) in [6.45, 7) is 4.02. The zero-order valence-corrected chi connectivity index (χ0v) is 10.9. The first-order chi connectivity index (χ1) is 8.54. The lowest BCUT2D eigenvalue weighted by Gasteiger charge is -2.40. The molecule has 5 nitrogen and oxygen atoms in total. The summed E-state index contributed by atoms with van der Waals surface area (Å²) >= 11 is 0. The van der Waals surface area contributed by atoms with Gasteiger partial charge < -0.3 is 15.4 Å². The van der Waals surface area contributed by atoms with Crippen molar-refractivity contribution >= 4 is 11.5 Å². The summed E-state index contributed by atoms with van der Waals surface area (Å²) in [4.78, 5) is 6.46. The van der Waals surface area contributed by atoms with Crippen molar-refractivity contribution < 1.29 is 4.74 Å². The maximum absolute atomic E-state index is 7.32. The van der Waals surface area contributed by atoms with E-state index in [1.165, 1.54) is 0 Å². The van der Waals surface area contributed by atoms with Crippen LogP contribution < -0.4 is 10.6 Å². The molecule has 2 heterocycles. The molecule has 0 saturated carbocycles. The van der Waals surface area contributed by atoms with E-state index in [1.807, 2.05) is 6.07 Å². The Balaban J connectivity index is 2.14. The van der Waals surface area contributed by atoms with Crippen LogP contribution in [-0.2, 0) is 4.74 Å². The Morgan fingerprint density at radius 2 is 2.33 bits per heavy atom. The number of ether oxygens (including phenoxy) is 1. The summed E-state index contributed by atoms with van der Waals surface area (Å²) in [5.74, 6) is 0.00178. The molecule has 1 aliphatic rings. The van der Waals surface area contributed by atoms with Crippen molar-refractivity contribution in [2.45, 2.75) is 25.4 Å². The molecule has 1 aromatic heterocycles. The number of pyridine rings is 1. The number of piperidine rings is 1. The van der Waals surface area contributed by atoms with Gasteiger partial charge in [0.25, 0.3) is 0 Å². The second kappa shape index (κ2) is 4.94. The summed E-state index contributed by atoms with van der Waals surface area (Å²) in [7, 11) is 1.76. The number of hydrogen-bond donors (Lipinski definition) is 2. The maximum Gasteiger partial charge on any atom is 0.141 e. The van der Waals surface area contributed by atoms with Crippen molar-refractivity contribution in [3.05, 3.63) is 24.0 Å². The Labute approximate surface area is 107 Å². The van der Waals surface area contributed by atoms with Gasteiger partial charge in [-0.05, 0) is 31.9 Å². The van der Waals surface area contributed by atoms with E-state index >= 15 is 0 Å². The van der Waals surface area contributed by atoms with E-state index in [0.29, 0.717) is 5.69 Å². The van der Waals surface area contributed by atoms with Crippen LogP contribution in [-0.4, -0.2) is 36.6 Å². The molecule has 0 aromatic carbocycles. The summed E-state index contributed by atoms with van der Waals surface area (Å²) in [5, 5.41) is 7.32. The van der Waals surface area contributed by atoms with Crippen molar-refractivity contribution in [1.29, 1.82) is 5.41 Å². The highest BCUT2D eigenvalue weighted by atomic mass is 16.5. The maximum atomic E-state index is 7.32. The second-order valence-corrected chi connectivity index (χ2v) is 4.99. The van der Waals surface area contributed by atoms with Gasteiger partial charge in [0.2, 0.25) is 0 Å². The molecule has 1 unspecified atom stereocenters. The third kappa shape index (κ3) is 2.61. The molecule has 0 radical (unpaired) electrons. The summed E-state index contributed by atoms with van der Waals surface area (Å²) in [5.41, 5.74) is 6.89. The first kappa shape index (κ1) is 12.8. The molecule has 0 bridgehead atoms. The zero-order valence-electron chi connectivity index (χ0n) is 10.9. The summed E-state index contributed by atoms with van der Waals surface area (Å²) in [6.07, 6.45) is 3.97. The predicted molar refractivity (Wildman–Crippen MR) is 72.1 cm³/mol.